The highest BCUT2D eigenvalue weighted by atomic mass is 32.2. The van der Waals surface area contributed by atoms with Crippen molar-refractivity contribution in [3.05, 3.63) is 0 Å². The van der Waals surface area contributed by atoms with Crippen LogP contribution in [0.4, 0.5) is 0 Å². The van der Waals surface area contributed by atoms with Crippen molar-refractivity contribution in [2.45, 2.75) is 76.5 Å². The molecule has 0 aromatic rings. The molecular formula is C16H31NS. The van der Waals surface area contributed by atoms with Gasteiger partial charge in [0.2, 0.25) is 0 Å². The minimum atomic E-state index is 0.791. The van der Waals surface area contributed by atoms with E-state index in [1.807, 2.05) is 0 Å². The van der Waals surface area contributed by atoms with Crippen molar-refractivity contribution in [1.82, 2.24) is 5.32 Å². The van der Waals surface area contributed by atoms with Gasteiger partial charge in [0.1, 0.15) is 0 Å². The minimum Gasteiger partial charge on any atom is -0.313 e. The van der Waals surface area contributed by atoms with E-state index < -0.39 is 0 Å². The van der Waals surface area contributed by atoms with Crippen LogP contribution in [0.15, 0.2) is 0 Å². The molecule has 2 aliphatic carbocycles. The van der Waals surface area contributed by atoms with Gasteiger partial charge < -0.3 is 5.32 Å². The van der Waals surface area contributed by atoms with Crippen molar-refractivity contribution in [3.8, 4) is 0 Å². The molecule has 0 radical (unpaired) electrons. The van der Waals surface area contributed by atoms with Gasteiger partial charge in [-0.3, -0.25) is 0 Å². The lowest BCUT2D eigenvalue weighted by atomic mass is 9.91. The van der Waals surface area contributed by atoms with E-state index in [0.29, 0.717) is 0 Å². The highest BCUT2D eigenvalue weighted by molar-refractivity contribution is 7.99. The Hall–Kier alpha value is 0.310. The summed E-state index contributed by atoms with van der Waals surface area (Å²) in [7, 11) is 0. The zero-order valence-corrected chi connectivity index (χ0v) is 13.1. The summed E-state index contributed by atoms with van der Waals surface area (Å²) in [4.78, 5) is 0. The second kappa shape index (κ2) is 7.79. The van der Waals surface area contributed by atoms with Crippen LogP contribution in [0.25, 0.3) is 0 Å². The van der Waals surface area contributed by atoms with Crippen LogP contribution in [0, 0.1) is 11.8 Å². The first-order valence-corrected chi connectivity index (χ1v) is 9.19. The van der Waals surface area contributed by atoms with Gasteiger partial charge in [-0.25, -0.2) is 0 Å². The fourth-order valence-electron chi connectivity index (χ4n) is 3.75. The van der Waals surface area contributed by atoms with Gasteiger partial charge >= 0.3 is 0 Å². The summed E-state index contributed by atoms with van der Waals surface area (Å²) in [6.45, 7) is 5.84. The molecule has 1 N–H and O–H groups in total. The third-order valence-electron chi connectivity index (χ3n) is 4.83. The lowest BCUT2D eigenvalue weighted by Crippen LogP contribution is -2.38. The van der Waals surface area contributed by atoms with Crippen LogP contribution in [0.5, 0.6) is 0 Å². The molecule has 106 valence electrons. The molecule has 18 heavy (non-hydrogen) atoms. The quantitative estimate of drug-likeness (QED) is 0.763. The summed E-state index contributed by atoms with van der Waals surface area (Å²) in [5.74, 6) is 3.30. The number of hydrogen-bond acceptors (Lipinski definition) is 2. The maximum absolute atomic E-state index is 3.75. The molecule has 0 bridgehead atoms. The molecule has 3 atom stereocenters. The number of thioether (sulfide) groups is 1. The Labute approximate surface area is 118 Å². The molecule has 0 spiro atoms. The van der Waals surface area contributed by atoms with Crippen LogP contribution in [0.2, 0.25) is 0 Å². The molecule has 0 aromatic carbocycles. The van der Waals surface area contributed by atoms with Crippen LogP contribution < -0.4 is 5.32 Å². The Morgan fingerprint density at radius 3 is 2.56 bits per heavy atom. The molecule has 0 heterocycles. The Bertz CT molecular complexity index is 225. The van der Waals surface area contributed by atoms with Gasteiger partial charge in [0.15, 0.2) is 0 Å². The Kier molecular flexibility index (Phi) is 6.37. The average Bonchev–Trinajstić information content (AvgIpc) is 2.88. The molecule has 2 rings (SSSR count). The van der Waals surface area contributed by atoms with E-state index in [1.165, 1.54) is 57.1 Å². The van der Waals surface area contributed by atoms with Crippen LogP contribution in [-0.4, -0.2) is 23.6 Å². The zero-order valence-electron chi connectivity index (χ0n) is 12.3. The minimum absolute atomic E-state index is 0.791. The van der Waals surface area contributed by atoms with Gasteiger partial charge in [-0.15, -0.1) is 0 Å². The first-order chi connectivity index (χ1) is 8.79. The van der Waals surface area contributed by atoms with Crippen molar-refractivity contribution < 1.29 is 0 Å². The lowest BCUT2D eigenvalue weighted by molar-refractivity contribution is 0.384. The summed E-state index contributed by atoms with van der Waals surface area (Å²) < 4.78 is 0. The van der Waals surface area contributed by atoms with Crippen molar-refractivity contribution in [2.75, 3.05) is 12.3 Å². The Balaban J connectivity index is 1.74. The second-order valence-corrected chi connectivity index (χ2v) is 7.77. The number of hydrogen-bond donors (Lipinski definition) is 1. The molecule has 2 heteroatoms. The number of nitrogens with one attached hydrogen (secondary N) is 1. The smallest absolute Gasteiger partial charge is 0.0186 e. The molecule has 0 amide bonds. The van der Waals surface area contributed by atoms with Crippen LogP contribution in [0.1, 0.15) is 65.2 Å². The van der Waals surface area contributed by atoms with E-state index >= 15 is 0 Å². The normalized spacial score (nSPS) is 31.7. The van der Waals surface area contributed by atoms with E-state index in [1.54, 1.807) is 0 Å². The van der Waals surface area contributed by atoms with E-state index in [4.69, 9.17) is 0 Å². The third-order valence-corrected chi connectivity index (χ3v) is 6.29. The predicted molar refractivity (Wildman–Crippen MR) is 83.3 cm³/mol. The molecule has 0 saturated heterocycles. The van der Waals surface area contributed by atoms with E-state index in [0.717, 1.165) is 29.7 Å². The highest BCUT2D eigenvalue weighted by Gasteiger charge is 2.26. The summed E-state index contributed by atoms with van der Waals surface area (Å²) in [5.41, 5.74) is 0. The molecular weight excluding hydrogens is 238 g/mol. The maximum atomic E-state index is 3.75. The zero-order chi connectivity index (χ0) is 12.8. The van der Waals surface area contributed by atoms with Gasteiger partial charge in [0.25, 0.3) is 0 Å². The largest absolute Gasteiger partial charge is 0.313 e. The van der Waals surface area contributed by atoms with Crippen LogP contribution in [-0.2, 0) is 0 Å². The van der Waals surface area contributed by atoms with Gasteiger partial charge in [-0.1, -0.05) is 39.5 Å². The first-order valence-electron chi connectivity index (χ1n) is 8.14. The molecule has 1 nitrogen and oxygen atoms in total. The van der Waals surface area contributed by atoms with Gasteiger partial charge in [0.05, 0.1) is 0 Å². The Morgan fingerprint density at radius 1 is 1.11 bits per heavy atom. The van der Waals surface area contributed by atoms with E-state index in [-0.39, 0.29) is 0 Å². The molecule has 0 aliphatic heterocycles. The Morgan fingerprint density at radius 2 is 1.89 bits per heavy atom. The van der Waals surface area contributed by atoms with Crippen LogP contribution in [0.3, 0.4) is 0 Å². The maximum Gasteiger partial charge on any atom is 0.0186 e. The molecule has 3 unspecified atom stereocenters. The summed E-state index contributed by atoms with van der Waals surface area (Å²) in [6, 6.07) is 0.791. The second-order valence-electron chi connectivity index (χ2n) is 6.44. The fraction of sp³-hybridized carbons (Fsp3) is 1.00. The van der Waals surface area contributed by atoms with Crippen molar-refractivity contribution in [2.24, 2.45) is 11.8 Å². The standard InChI is InChI=1S/C16H31NS/c1-3-17-16(14-8-4-5-9-14)12-18-15-10-6-7-13(2)11-15/h13-17H,3-12H2,1-2H3. The van der Waals surface area contributed by atoms with Gasteiger partial charge in [-0.05, 0) is 44.1 Å². The predicted octanol–water partition coefficient (Wildman–Crippen LogP) is 4.47. The topological polar surface area (TPSA) is 12.0 Å². The first kappa shape index (κ1) is 14.7. The molecule has 2 saturated carbocycles. The molecule has 2 fully saturated rings. The fourth-order valence-corrected chi connectivity index (χ4v) is 5.42. The SMILES string of the molecule is CCNC(CSC1CCCC(C)C1)C1CCCC1. The monoisotopic (exact) mass is 269 g/mol. The van der Waals surface area contributed by atoms with Gasteiger partial charge in [-0.2, -0.15) is 11.8 Å². The summed E-state index contributed by atoms with van der Waals surface area (Å²) in [5, 5.41) is 4.71. The average molecular weight is 269 g/mol. The summed E-state index contributed by atoms with van der Waals surface area (Å²) in [6.07, 6.45) is 11.8. The van der Waals surface area contributed by atoms with Crippen molar-refractivity contribution >= 4 is 11.8 Å². The lowest BCUT2D eigenvalue weighted by Gasteiger charge is -2.30. The van der Waals surface area contributed by atoms with Crippen molar-refractivity contribution in [1.29, 1.82) is 0 Å². The summed E-state index contributed by atoms with van der Waals surface area (Å²) >= 11 is 2.27. The molecule has 0 aromatic heterocycles. The van der Waals surface area contributed by atoms with E-state index in [9.17, 15) is 0 Å². The van der Waals surface area contributed by atoms with Crippen LogP contribution >= 0.6 is 11.8 Å². The highest BCUT2D eigenvalue weighted by Crippen LogP contribution is 2.35. The van der Waals surface area contributed by atoms with Gasteiger partial charge in [0, 0.05) is 17.0 Å². The molecule has 2 aliphatic rings. The number of rotatable bonds is 6. The van der Waals surface area contributed by atoms with E-state index in [2.05, 4.69) is 30.9 Å². The van der Waals surface area contributed by atoms with Crippen molar-refractivity contribution in [3.63, 3.8) is 0 Å². The third kappa shape index (κ3) is 4.45.